The number of rotatable bonds is 0. The van der Waals surface area contributed by atoms with Crippen molar-refractivity contribution in [1.82, 2.24) is 4.57 Å². The Kier molecular flexibility index (Phi) is 1.76. The summed E-state index contributed by atoms with van der Waals surface area (Å²) in [6.45, 7) is 1.01. The molecular formula is C12H14N2O. The first-order chi connectivity index (χ1) is 7.27. The summed E-state index contributed by atoms with van der Waals surface area (Å²) in [6, 6.07) is 7.78. The lowest BCUT2D eigenvalue weighted by atomic mass is 10.1. The average molecular weight is 202 g/mol. The molecule has 3 heteroatoms. The Hall–Kier alpha value is -1.48. The van der Waals surface area contributed by atoms with Crippen LogP contribution in [0.25, 0.3) is 10.9 Å². The van der Waals surface area contributed by atoms with E-state index in [-0.39, 0.29) is 6.04 Å². The summed E-state index contributed by atoms with van der Waals surface area (Å²) in [7, 11) is 0. The SMILES string of the molecule is NC1CCCn2c1cc1c(O)cccc12. The van der Waals surface area contributed by atoms with E-state index in [2.05, 4.69) is 4.57 Å². The van der Waals surface area contributed by atoms with Gasteiger partial charge in [-0.1, -0.05) is 6.07 Å². The van der Waals surface area contributed by atoms with Crippen LogP contribution in [-0.2, 0) is 6.54 Å². The van der Waals surface area contributed by atoms with Gasteiger partial charge in [0.2, 0.25) is 0 Å². The molecule has 1 atom stereocenters. The molecule has 3 N–H and O–H groups in total. The molecule has 78 valence electrons. The van der Waals surface area contributed by atoms with E-state index in [9.17, 15) is 5.11 Å². The molecule has 0 spiro atoms. The van der Waals surface area contributed by atoms with Gasteiger partial charge in [-0.05, 0) is 31.0 Å². The van der Waals surface area contributed by atoms with Crippen LogP contribution in [-0.4, -0.2) is 9.67 Å². The summed E-state index contributed by atoms with van der Waals surface area (Å²) in [5.41, 5.74) is 8.31. The van der Waals surface area contributed by atoms with E-state index in [0.717, 1.165) is 36.0 Å². The van der Waals surface area contributed by atoms with Crippen molar-refractivity contribution < 1.29 is 5.11 Å². The second-order valence-corrected chi connectivity index (χ2v) is 4.18. The summed E-state index contributed by atoms with van der Waals surface area (Å²) in [5.74, 6) is 0.349. The quantitative estimate of drug-likeness (QED) is 0.687. The number of fused-ring (bicyclic) bond motifs is 3. The van der Waals surface area contributed by atoms with Gasteiger partial charge in [0.25, 0.3) is 0 Å². The minimum Gasteiger partial charge on any atom is -0.507 e. The number of aromatic hydroxyl groups is 1. The summed E-state index contributed by atoms with van der Waals surface area (Å²) in [4.78, 5) is 0. The Bertz CT molecular complexity index is 516. The lowest BCUT2D eigenvalue weighted by molar-refractivity contribution is 0.471. The molecule has 0 bridgehead atoms. The second-order valence-electron chi connectivity index (χ2n) is 4.18. The third kappa shape index (κ3) is 1.16. The molecule has 2 heterocycles. The van der Waals surface area contributed by atoms with E-state index >= 15 is 0 Å². The average Bonchev–Trinajstić information content (AvgIpc) is 2.60. The predicted molar refractivity (Wildman–Crippen MR) is 59.8 cm³/mol. The Labute approximate surface area is 88.1 Å². The number of nitrogens with zero attached hydrogens (tertiary/aromatic N) is 1. The predicted octanol–water partition coefficient (Wildman–Crippen LogP) is 2.14. The van der Waals surface area contributed by atoms with Crippen molar-refractivity contribution in [3.8, 4) is 5.75 Å². The smallest absolute Gasteiger partial charge is 0.124 e. The molecule has 0 aliphatic carbocycles. The maximum absolute atomic E-state index is 9.75. The normalized spacial score (nSPS) is 20.5. The summed E-state index contributed by atoms with van der Waals surface area (Å²) < 4.78 is 2.23. The van der Waals surface area contributed by atoms with Crippen molar-refractivity contribution >= 4 is 10.9 Å². The zero-order valence-electron chi connectivity index (χ0n) is 8.48. The zero-order valence-corrected chi connectivity index (χ0v) is 8.48. The number of hydrogen-bond acceptors (Lipinski definition) is 2. The Balaban J connectivity index is 2.35. The van der Waals surface area contributed by atoms with E-state index in [1.165, 1.54) is 0 Å². The highest BCUT2D eigenvalue weighted by molar-refractivity contribution is 5.87. The van der Waals surface area contributed by atoms with E-state index < -0.39 is 0 Å². The van der Waals surface area contributed by atoms with E-state index in [4.69, 9.17) is 5.73 Å². The minimum atomic E-state index is 0.116. The maximum atomic E-state index is 9.75. The Morgan fingerprint density at radius 3 is 3.13 bits per heavy atom. The van der Waals surface area contributed by atoms with Gasteiger partial charge in [-0.3, -0.25) is 0 Å². The van der Waals surface area contributed by atoms with E-state index in [1.807, 2.05) is 18.2 Å². The summed E-state index contributed by atoms with van der Waals surface area (Å²) >= 11 is 0. The monoisotopic (exact) mass is 202 g/mol. The van der Waals surface area contributed by atoms with Crippen molar-refractivity contribution in [1.29, 1.82) is 0 Å². The molecule has 2 aromatic rings. The lowest BCUT2D eigenvalue weighted by Gasteiger charge is -2.21. The number of nitrogens with two attached hydrogens (primary N) is 1. The van der Waals surface area contributed by atoms with Gasteiger partial charge in [0.15, 0.2) is 0 Å². The summed E-state index contributed by atoms with van der Waals surface area (Å²) in [5, 5.41) is 10.7. The fourth-order valence-corrected chi connectivity index (χ4v) is 2.46. The number of aromatic nitrogens is 1. The van der Waals surface area contributed by atoms with Crippen LogP contribution >= 0.6 is 0 Å². The van der Waals surface area contributed by atoms with Crippen LogP contribution < -0.4 is 5.73 Å². The van der Waals surface area contributed by atoms with Gasteiger partial charge < -0.3 is 15.4 Å². The number of hydrogen-bond donors (Lipinski definition) is 2. The number of phenolic OH excluding ortho intramolecular Hbond substituents is 1. The highest BCUT2D eigenvalue weighted by Gasteiger charge is 2.20. The highest BCUT2D eigenvalue weighted by Crippen LogP contribution is 2.33. The van der Waals surface area contributed by atoms with Crippen LogP contribution in [0.2, 0.25) is 0 Å². The number of benzene rings is 1. The molecule has 1 aliphatic heterocycles. The van der Waals surface area contributed by atoms with Crippen molar-refractivity contribution in [3.05, 3.63) is 30.0 Å². The molecule has 1 aromatic heterocycles. The first-order valence-electron chi connectivity index (χ1n) is 5.34. The lowest BCUT2D eigenvalue weighted by Crippen LogP contribution is -2.20. The molecule has 15 heavy (non-hydrogen) atoms. The molecule has 0 radical (unpaired) electrons. The Morgan fingerprint density at radius 1 is 1.40 bits per heavy atom. The number of aryl methyl sites for hydroxylation is 1. The molecule has 0 saturated heterocycles. The van der Waals surface area contributed by atoms with Gasteiger partial charge in [0.05, 0.1) is 5.52 Å². The van der Waals surface area contributed by atoms with Gasteiger partial charge in [-0.25, -0.2) is 0 Å². The van der Waals surface area contributed by atoms with Crippen molar-refractivity contribution in [2.24, 2.45) is 5.73 Å². The van der Waals surface area contributed by atoms with Gasteiger partial charge in [0.1, 0.15) is 5.75 Å². The summed E-state index contributed by atoms with van der Waals surface area (Å²) in [6.07, 6.45) is 2.16. The zero-order chi connectivity index (χ0) is 10.4. The van der Waals surface area contributed by atoms with Gasteiger partial charge in [-0.15, -0.1) is 0 Å². The van der Waals surface area contributed by atoms with Gasteiger partial charge >= 0.3 is 0 Å². The maximum Gasteiger partial charge on any atom is 0.124 e. The van der Waals surface area contributed by atoms with Crippen LogP contribution in [0.15, 0.2) is 24.3 Å². The van der Waals surface area contributed by atoms with E-state index in [1.54, 1.807) is 6.07 Å². The van der Waals surface area contributed by atoms with Crippen molar-refractivity contribution in [2.75, 3.05) is 0 Å². The van der Waals surface area contributed by atoms with Crippen LogP contribution in [0, 0.1) is 0 Å². The van der Waals surface area contributed by atoms with Crippen molar-refractivity contribution in [3.63, 3.8) is 0 Å². The number of phenols is 1. The fraction of sp³-hybridized carbons (Fsp3) is 0.333. The molecule has 1 unspecified atom stereocenters. The van der Waals surface area contributed by atoms with Crippen LogP contribution in [0.1, 0.15) is 24.6 Å². The standard InChI is InChI=1S/C12H14N2O/c13-9-3-2-6-14-10-4-1-5-12(15)8(10)7-11(9)14/h1,4-5,7,9,15H,2-3,6,13H2. The Morgan fingerprint density at radius 2 is 2.27 bits per heavy atom. The van der Waals surface area contributed by atoms with Crippen LogP contribution in [0.5, 0.6) is 5.75 Å². The third-order valence-corrected chi connectivity index (χ3v) is 3.23. The molecular weight excluding hydrogens is 188 g/mol. The van der Waals surface area contributed by atoms with E-state index in [0.29, 0.717) is 5.75 Å². The fourth-order valence-electron chi connectivity index (χ4n) is 2.46. The molecule has 0 saturated carbocycles. The van der Waals surface area contributed by atoms with Gasteiger partial charge in [0, 0.05) is 23.7 Å². The highest BCUT2D eigenvalue weighted by atomic mass is 16.3. The van der Waals surface area contributed by atoms with Gasteiger partial charge in [-0.2, -0.15) is 0 Å². The molecule has 1 aromatic carbocycles. The van der Waals surface area contributed by atoms with Crippen LogP contribution in [0.4, 0.5) is 0 Å². The topological polar surface area (TPSA) is 51.2 Å². The first kappa shape index (κ1) is 8.80. The molecule has 0 fully saturated rings. The molecule has 3 nitrogen and oxygen atoms in total. The molecule has 0 amide bonds. The molecule has 1 aliphatic rings. The third-order valence-electron chi connectivity index (χ3n) is 3.23. The second kappa shape index (κ2) is 3.00. The largest absolute Gasteiger partial charge is 0.507 e. The first-order valence-corrected chi connectivity index (χ1v) is 5.34. The molecule has 3 rings (SSSR count). The van der Waals surface area contributed by atoms with Crippen molar-refractivity contribution in [2.45, 2.75) is 25.4 Å². The van der Waals surface area contributed by atoms with Crippen LogP contribution in [0.3, 0.4) is 0 Å². The minimum absolute atomic E-state index is 0.116.